The quantitative estimate of drug-likeness (QED) is 0.489. The number of hydrogen-bond donors (Lipinski definition) is 3. The van der Waals surface area contributed by atoms with Crippen LogP contribution in [-0.4, -0.2) is 25.8 Å². The second kappa shape index (κ2) is 5.65. The molecule has 2 heterocycles. The number of nitrogens with two attached hydrogens (primary N) is 1. The molecule has 0 spiro atoms. The summed E-state index contributed by atoms with van der Waals surface area (Å²) < 4.78 is -1.72. The summed E-state index contributed by atoms with van der Waals surface area (Å²) in [5.74, 6) is -0.617. The number of amides is 1. The highest BCUT2D eigenvalue weighted by Gasteiger charge is 2.44. The van der Waals surface area contributed by atoms with E-state index in [-0.39, 0.29) is 5.82 Å². The predicted octanol–water partition coefficient (Wildman–Crippen LogP) is 2.44. The van der Waals surface area contributed by atoms with Crippen molar-refractivity contribution < 1.29 is 4.79 Å². The van der Waals surface area contributed by atoms with Crippen LogP contribution in [0.1, 0.15) is 5.82 Å². The molecule has 0 fully saturated rings. The number of aromatic amines is 2. The molecule has 1 unspecified atom stereocenters. The highest BCUT2D eigenvalue weighted by molar-refractivity contribution is 8.01. The van der Waals surface area contributed by atoms with Crippen LogP contribution in [-0.2, 0) is 9.54 Å². The first-order chi connectivity index (χ1) is 12.1. The Bertz CT molecular complexity index is 1070. The van der Waals surface area contributed by atoms with Gasteiger partial charge >= 0.3 is 0 Å². The normalized spacial score (nSPS) is 13.6. The molecule has 0 aliphatic carbocycles. The summed E-state index contributed by atoms with van der Waals surface area (Å²) in [5.41, 5.74) is 8.53. The number of imidazole rings is 2. The van der Waals surface area contributed by atoms with Crippen molar-refractivity contribution in [2.24, 2.45) is 5.73 Å². The van der Waals surface area contributed by atoms with Gasteiger partial charge in [0.25, 0.3) is 5.91 Å². The molecule has 8 heteroatoms. The standard InChI is InChI=1S/C17H12N6OS/c18-9-17(14(19)24,15-20-10-5-1-2-6-11(10)21-15)25-16-22-12-7-3-4-8-13(12)23-16/h1-8H,(H2,19,24)(H,20,21)(H,22,23). The van der Waals surface area contributed by atoms with Crippen molar-refractivity contribution in [3.63, 3.8) is 0 Å². The van der Waals surface area contributed by atoms with E-state index in [4.69, 9.17) is 5.73 Å². The number of benzene rings is 2. The van der Waals surface area contributed by atoms with E-state index in [0.717, 1.165) is 28.3 Å². The van der Waals surface area contributed by atoms with Crippen LogP contribution < -0.4 is 5.73 Å². The first-order valence-corrected chi connectivity index (χ1v) is 8.24. The van der Waals surface area contributed by atoms with Gasteiger partial charge in [0.2, 0.25) is 4.75 Å². The number of fused-ring (bicyclic) bond motifs is 2. The summed E-state index contributed by atoms with van der Waals surface area (Å²) in [4.78, 5) is 27.1. The SMILES string of the molecule is N#CC(Sc1nc2ccccc2[nH]1)(C(N)=O)c1nc2ccccc2[nH]1. The highest BCUT2D eigenvalue weighted by atomic mass is 32.2. The topological polar surface area (TPSA) is 124 Å². The number of thioether (sulfide) groups is 1. The summed E-state index contributed by atoms with van der Waals surface area (Å²) in [6, 6.07) is 16.8. The molecule has 4 rings (SSSR count). The fraction of sp³-hybridized carbons (Fsp3) is 0.0588. The third kappa shape index (κ3) is 2.42. The first kappa shape index (κ1) is 15.2. The summed E-state index contributed by atoms with van der Waals surface area (Å²) in [6.07, 6.45) is 0. The summed E-state index contributed by atoms with van der Waals surface area (Å²) in [7, 11) is 0. The maximum Gasteiger partial charge on any atom is 0.256 e. The van der Waals surface area contributed by atoms with Crippen LogP contribution in [0.25, 0.3) is 22.1 Å². The van der Waals surface area contributed by atoms with Gasteiger partial charge in [0.05, 0.1) is 28.1 Å². The molecule has 122 valence electrons. The number of para-hydroxylation sites is 4. The van der Waals surface area contributed by atoms with Crippen molar-refractivity contribution >= 4 is 39.7 Å². The van der Waals surface area contributed by atoms with E-state index in [0.29, 0.717) is 10.7 Å². The molecular weight excluding hydrogens is 336 g/mol. The van der Waals surface area contributed by atoms with Crippen molar-refractivity contribution in [2.45, 2.75) is 9.90 Å². The van der Waals surface area contributed by atoms with Gasteiger partial charge in [-0.3, -0.25) is 4.79 Å². The molecule has 0 aliphatic rings. The van der Waals surface area contributed by atoms with Crippen molar-refractivity contribution in [1.29, 1.82) is 5.26 Å². The molecule has 1 amide bonds. The average Bonchev–Trinajstić information content (AvgIpc) is 3.22. The summed E-state index contributed by atoms with van der Waals surface area (Å²) in [5, 5.41) is 10.2. The lowest BCUT2D eigenvalue weighted by atomic mass is 10.1. The number of nitrogens with zero attached hydrogens (tertiary/aromatic N) is 3. The monoisotopic (exact) mass is 348 g/mol. The number of nitriles is 1. The molecule has 25 heavy (non-hydrogen) atoms. The Morgan fingerprint density at radius 2 is 1.64 bits per heavy atom. The molecule has 2 aromatic carbocycles. The minimum absolute atomic E-state index is 0.189. The maximum absolute atomic E-state index is 12.2. The van der Waals surface area contributed by atoms with Crippen LogP contribution in [0.4, 0.5) is 0 Å². The summed E-state index contributed by atoms with van der Waals surface area (Å²) in [6.45, 7) is 0. The Labute approximate surface area is 146 Å². The third-order valence-corrected chi connectivity index (χ3v) is 5.02. The number of primary amides is 1. The van der Waals surface area contributed by atoms with E-state index < -0.39 is 10.7 Å². The molecule has 0 aliphatic heterocycles. The van der Waals surface area contributed by atoms with E-state index in [1.54, 1.807) is 6.07 Å². The molecule has 0 saturated heterocycles. The van der Waals surface area contributed by atoms with E-state index >= 15 is 0 Å². The zero-order chi connectivity index (χ0) is 17.4. The minimum atomic E-state index is -1.72. The lowest BCUT2D eigenvalue weighted by molar-refractivity contribution is -0.119. The fourth-order valence-corrected chi connectivity index (χ4v) is 3.52. The Morgan fingerprint density at radius 1 is 1.04 bits per heavy atom. The lowest BCUT2D eigenvalue weighted by Gasteiger charge is -2.18. The number of H-pyrrole nitrogens is 2. The minimum Gasteiger partial charge on any atom is -0.367 e. The van der Waals surface area contributed by atoms with Crippen molar-refractivity contribution in [3.8, 4) is 6.07 Å². The Kier molecular flexibility index (Phi) is 3.44. The molecule has 0 bridgehead atoms. The van der Waals surface area contributed by atoms with Crippen molar-refractivity contribution in [3.05, 3.63) is 54.4 Å². The second-order valence-electron chi connectivity index (χ2n) is 5.42. The molecule has 0 saturated carbocycles. The third-order valence-electron chi connectivity index (χ3n) is 3.84. The Balaban J connectivity index is 1.84. The molecular formula is C17H12N6OS. The van der Waals surface area contributed by atoms with Gasteiger partial charge in [0, 0.05) is 0 Å². The van der Waals surface area contributed by atoms with Gasteiger partial charge in [0.1, 0.15) is 5.82 Å². The van der Waals surface area contributed by atoms with Gasteiger partial charge in [-0.25, -0.2) is 9.97 Å². The summed E-state index contributed by atoms with van der Waals surface area (Å²) >= 11 is 0.942. The zero-order valence-corrected chi connectivity index (χ0v) is 13.7. The molecule has 4 N–H and O–H groups in total. The number of rotatable bonds is 4. The van der Waals surface area contributed by atoms with Crippen molar-refractivity contribution in [1.82, 2.24) is 19.9 Å². The van der Waals surface area contributed by atoms with Crippen LogP contribution in [0, 0.1) is 11.3 Å². The first-order valence-electron chi connectivity index (χ1n) is 7.42. The number of carbonyl (C=O) groups excluding carboxylic acids is 1. The largest absolute Gasteiger partial charge is 0.367 e. The molecule has 1 atom stereocenters. The fourth-order valence-electron chi connectivity index (χ4n) is 2.59. The van der Waals surface area contributed by atoms with Crippen LogP contribution in [0.3, 0.4) is 0 Å². The van der Waals surface area contributed by atoms with Gasteiger partial charge in [0.15, 0.2) is 5.16 Å². The molecule has 2 aromatic heterocycles. The second-order valence-corrected chi connectivity index (χ2v) is 6.62. The van der Waals surface area contributed by atoms with Gasteiger partial charge < -0.3 is 15.7 Å². The van der Waals surface area contributed by atoms with Crippen LogP contribution in [0.5, 0.6) is 0 Å². The highest BCUT2D eigenvalue weighted by Crippen LogP contribution is 2.39. The van der Waals surface area contributed by atoms with E-state index in [1.807, 2.05) is 48.5 Å². The number of hydrogen-bond acceptors (Lipinski definition) is 5. The van der Waals surface area contributed by atoms with Gasteiger partial charge in [-0.05, 0) is 36.0 Å². The van der Waals surface area contributed by atoms with Gasteiger partial charge in [-0.15, -0.1) is 0 Å². The lowest BCUT2D eigenvalue weighted by Crippen LogP contribution is -2.38. The number of aromatic nitrogens is 4. The predicted molar refractivity (Wildman–Crippen MR) is 94.5 cm³/mol. The van der Waals surface area contributed by atoms with Crippen LogP contribution >= 0.6 is 11.8 Å². The van der Waals surface area contributed by atoms with Crippen molar-refractivity contribution in [2.75, 3.05) is 0 Å². The molecule has 4 aromatic rings. The Hall–Kier alpha value is -3.31. The van der Waals surface area contributed by atoms with Gasteiger partial charge in [-0.1, -0.05) is 24.3 Å². The van der Waals surface area contributed by atoms with E-state index in [9.17, 15) is 10.1 Å². The van der Waals surface area contributed by atoms with Gasteiger partial charge in [-0.2, -0.15) is 5.26 Å². The number of nitrogens with one attached hydrogen (secondary N) is 2. The maximum atomic E-state index is 12.2. The van der Waals surface area contributed by atoms with E-state index in [1.165, 1.54) is 0 Å². The number of carbonyl (C=O) groups is 1. The Morgan fingerprint density at radius 3 is 2.20 bits per heavy atom. The van der Waals surface area contributed by atoms with Crippen LogP contribution in [0.2, 0.25) is 0 Å². The smallest absolute Gasteiger partial charge is 0.256 e. The van der Waals surface area contributed by atoms with Crippen LogP contribution in [0.15, 0.2) is 53.7 Å². The molecule has 7 nitrogen and oxygen atoms in total. The average molecular weight is 348 g/mol. The van der Waals surface area contributed by atoms with E-state index in [2.05, 4.69) is 19.9 Å². The molecule has 0 radical (unpaired) electrons. The zero-order valence-electron chi connectivity index (χ0n) is 12.9.